The van der Waals surface area contributed by atoms with Crippen molar-refractivity contribution < 1.29 is 34.8 Å². The molecule has 26 heavy (non-hydrogen) atoms. The molecule has 0 atom stereocenters. The molecule has 0 amide bonds. The smallest absolute Gasteiger partial charge is 0.247 e. The molecule has 138 valence electrons. The molecular weight excluding hydrogens is 387 g/mol. The highest BCUT2D eigenvalue weighted by Crippen LogP contribution is 2.26. The molecule has 2 heterocycles. The lowest BCUT2D eigenvalue weighted by Crippen LogP contribution is -2.27. The number of halogens is 5. The Balaban J connectivity index is 1.87. The molecule has 3 rings (SSSR count). The largest absolute Gasteiger partial charge is 0.461 e. The van der Waals surface area contributed by atoms with Gasteiger partial charge in [-0.15, -0.1) is 5.10 Å². The van der Waals surface area contributed by atoms with Crippen molar-refractivity contribution in [1.29, 1.82) is 0 Å². The Kier molecular flexibility index (Phi) is 4.50. The van der Waals surface area contributed by atoms with Gasteiger partial charge in [-0.2, -0.15) is 0 Å². The van der Waals surface area contributed by atoms with Crippen LogP contribution in [0.25, 0.3) is 11.6 Å². The Hall–Kier alpha value is -2.80. The number of benzene rings is 1. The number of furan rings is 1. The lowest BCUT2D eigenvalue weighted by molar-refractivity contribution is 0.357. The topological polar surface area (TPSA) is 101 Å². The Labute approximate surface area is 141 Å². The summed E-state index contributed by atoms with van der Waals surface area (Å²) >= 11 is 0. The number of aromatic amines is 1. The molecule has 0 unspecified atom stereocenters. The third-order valence-electron chi connectivity index (χ3n) is 3.14. The monoisotopic (exact) mass is 394 g/mol. The number of nitrogens with zero attached hydrogens (tertiary/aromatic N) is 2. The van der Waals surface area contributed by atoms with Crippen molar-refractivity contribution in [3.8, 4) is 11.6 Å². The minimum atomic E-state index is -5.08. The molecule has 2 N–H and O–H groups in total. The van der Waals surface area contributed by atoms with E-state index in [2.05, 4.69) is 15.2 Å². The normalized spacial score (nSPS) is 11.9. The minimum absolute atomic E-state index is 0.0698. The molecule has 2 aromatic heterocycles. The summed E-state index contributed by atoms with van der Waals surface area (Å²) in [4.78, 5) is 1.87. The maximum absolute atomic E-state index is 13.6. The van der Waals surface area contributed by atoms with Crippen LogP contribution < -0.4 is 4.72 Å². The van der Waals surface area contributed by atoms with Crippen LogP contribution in [-0.4, -0.2) is 23.6 Å². The number of H-pyrrole nitrogens is 1. The number of hydrogen-bond acceptors (Lipinski definition) is 5. The molecule has 0 radical (unpaired) electrons. The van der Waals surface area contributed by atoms with Gasteiger partial charge in [0.15, 0.2) is 33.9 Å². The van der Waals surface area contributed by atoms with Crippen molar-refractivity contribution in [2.45, 2.75) is 11.4 Å². The second-order valence-corrected chi connectivity index (χ2v) is 6.51. The Bertz CT molecular complexity index is 1040. The molecule has 3 aromatic rings. The first kappa shape index (κ1) is 18.0. The zero-order chi connectivity index (χ0) is 19.1. The van der Waals surface area contributed by atoms with E-state index < -0.39 is 50.5 Å². The van der Waals surface area contributed by atoms with Gasteiger partial charge in [-0.3, -0.25) is 5.10 Å². The van der Waals surface area contributed by atoms with Crippen LogP contribution in [0.1, 0.15) is 5.82 Å². The van der Waals surface area contributed by atoms with E-state index in [1.807, 2.05) is 0 Å². The maximum atomic E-state index is 13.6. The Morgan fingerprint density at radius 1 is 1.04 bits per heavy atom. The second kappa shape index (κ2) is 6.49. The fraction of sp³-hybridized carbons (Fsp3) is 0.0769. The van der Waals surface area contributed by atoms with Crippen LogP contribution in [0, 0.1) is 29.1 Å². The predicted molar refractivity (Wildman–Crippen MR) is 74.3 cm³/mol. The standard InChI is InChI=1S/C13H7F5N4O3S/c14-7-8(15)10(17)12(11(18)9(7)16)26(23,24)19-4-6-20-13(22-21-6)5-2-1-3-25-5/h1-3,19H,4H2,(H,20,21,22). The molecule has 0 aliphatic carbocycles. The maximum Gasteiger partial charge on any atom is 0.247 e. The first-order chi connectivity index (χ1) is 12.2. The minimum Gasteiger partial charge on any atom is -0.461 e. The van der Waals surface area contributed by atoms with Crippen LogP contribution in [0.4, 0.5) is 22.0 Å². The summed E-state index contributed by atoms with van der Waals surface area (Å²) in [5, 5.41) is 6.06. The molecule has 0 saturated carbocycles. The van der Waals surface area contributed by atoms with Gasteiger partial charge in [-0.1, -0.05) is 0 Å². The molecule has 0 bridgehead atoms. The summed E-state index contributed by atoms with van der Waals surface area (Å²) in [7, 11) is -5.08. The lowest BCUT2D eigenvalue weighted by Gasteiger charge is -2.09. The fourth-order valence-corrected chi connectivity index (χ4v) is 3.07. The summed E-state index contributed by atoms with van der Waals surface area (Å²) in [6.45, 7) is -0.657. The van der Waals surface area contributed by atoms with E-state index in [1.54, 1.807) is 10.8 Å². The summed E-state index contributed by atoms with van der Waals surface area (Å²) < 4.78 is 97.2. The molecule has 7 nitrogen and oxygen atoms in total. The second-order valence-electron chi connectivity index (χ2n) is 4.81. The van der Waals surface area contributed by atoms with Gasteiger partial charge in [0.2, 0.25) is 21.7 Å². The molecule has 13 heteroatoms. The van der Waals surface area contributed by atoms with Gasteiger partial charge in [0.1, 0.15) is 5.82 Å². The number of rotatable bonds is 5. The number of sulfonamides is 1. The molecule has 0 fully saturated rings. The molecule has 0 saturated heterocycles. The SMILES string of the molecule is O=S(=O)(NCc1nc(-c2ccco2)n[nH]1)c1c(F)c(F)c(F)c(F)c1F. The predicted octanol–water partition coefficient (Wildman–Crippen LogP) is 2.24. The summed E-state index contributed by atoms with van der Waals surface area (Å²) in [6, 6.07) is 3.07. The van der Waals surface area contributed by atoms with Crippen molar-refractivity contribution in [3.05, 3.63) is 53.3 Å². The van der Waals surface area contributed by atoms with Crippen LogP contribution in [-0.2, 0) is 16.6 Å². The average Bonchev–Trinajstić information content (AvgIpc) is 3.27. The molecule has 0 spiro atoms. The van der Waals surface area contributed by atoms with E-state index in [4.69, 9.17) is 4.42 Å². The van der Waals surface area contributed by atoms with Crippen molar-refractivity contribution in [2.24, 2.45) is 0 Å². The van der Waals surface area contributed by atoms with Crippen LogP contribution in [0.2, 0.25) is 0 Å². The van der Waals surface area contributed by atoms with Crippen LogP contribution >= 0.6 is 0 Å². The lowest BCUT2D eigenvalue weighted by atomic mass is 10.3. The number of aromatic nitrogens is 3. The number of hydrogen-bond donors (Lipinski definition) is 2. The van der Waals surface area contributed by atoms with E-state index in [0.29, 0.717) is 0 Å². The summed E-state index contributed by atoms with van der Waals surface area (Å²) in [5.41, 5.74) is 0. The summed E-state index contributed by atoms with van der Waals surface area (Å²) in [5.74, 6) is -11.9. The first-order valence-corrected chi connectivity index (χ1v) is 8.17. The van der Waals surface area contributed by atoms with Crippen molar-refractivity contribution in [3.63, 3.8) is 0 Å². The zero-order valence-electron chi connectivity index (χ0n) is 12.4. The van der Waals surface area contributed by atoms with E-state index in [9.17, 15) is 30.4 Å². The van der Waals surface area contributed by atoms with Crippen molar-refractivity contribution >= 4 is 10.0 Å². The molecule has 0 aliphatic heterocycles. The van der Waals surface area contributed by atoms with Gasteiger partial charge in [-0.05, 0) is 12.1 Å². The van der Waals surface area contributed by atoms with Gasteiger partial charge in [-0.25, -0.2) is 40.1 Å². The van der Waals surface area contributed by atoms with Gasteiger partial charge in [0.25, 0.3) is 0 Å². The highest BCUT2D eigenvalue weighted by atomic mass is 32.2. The first-order valence-electron chi connectivity index (χ1n) is 6.68. The Morgan fingerprint density at radius 3 is 2.23 bits per heavy atom. The summed E-state index contributed by atoms with van der Waals surface area (Å²) in [6.07, 6.45) is 1.34. The van der Waals surface area contributed by atoms with E-state index >= 15 is 0 Å². The van der Waals surface area contributed by atoms with Crippen molar-refractivity contribution in [1.82, 2.24) is 19.9 Å². The highest BCUT2D eigenvalue weighted by Gasteiger charge is 2.33. The zero-order valence-corrected chi connectivity index (χ0v) is 13.2. The third-order valence-corrected chi connectivity index (χ3v) is 4.56. The van der Waals surface area contributed by atoms with Crippen LogP contribution in [0.15, 0.2) is 27.7 Å². The molecular formula is C13H7F5N4O3S. The molecule has 1 aromatic carbocycles. The highest BCUT2D eigenvalue weighted by molar-refractivity contribution is 7.89. The van der Waals surface area contributed by atoms with Gasteiger partial charge < -0.3 is 4.42 Å². The van der Waals surface area contributed by atoms with E-state index in [0.717, 1.165) is 0 Å². The quantitative estimate of drug-likeness (QED) is 0.393. The third kappa shape index (κ3) is 3.06. The van der Waals surface area contributed by atoms with Gasteiger partial charge in [0.05, 0.1) is 12.8 Å². The van der Waals surface area contributed by atoms with Gasteiger partial charge in [0, 0.05) is 0 Å². The molecule has 0 aliphatic rings. The van der Waals surface area contributed by atoms with E-state index in [-0.39, 0.29) is 17.4 Å². The Morgan fingerprint density at radius 2 is 1.65 bits per heavy atom. The van der Waals surface area contributed by atoms with Gasteiger partial charge >= 0.3 is 0 Å². The van der Waals surface area contributed by atoms with Crippen LogP contribution in [0.5, 0.6) is 0 Å². The average molecular weight is 394 g/mol. The van der Waals surface area contributed by atoms with Crippen LogP contribution in [0.3, 0.4) is 0 Å². The number of nitrogens with one attached hydrogen (secondary N) is 2. The fourth-order valence-electron chi connectivity index (χ4n) is 1.95. The van der Waals surface area contributed by atoms with E-state index in [1.165, 1.54) is 12.3 Å². The van der Waals surface area contributed by atoms with Crippen molar-refractivity contribution in [2.75, 3.05) is 0 Å².